The first kappa shape index (κ1) is 13.7. The van der Waals surface area contributed by atoms with E-state index in [1.807, 2.05) is 0 Å². The number of carboxylic acid groups (broad SMARTS) is 1. The van der Waals surface area contributed by atoms with Crippen LogP contribution >= 0.6 is 0 Å². The van der Waals surface area contributed by atoms with E-state index in [1.165, 1.54) is 6.92 Å². The Morgan fingerprint density at radius 1 is 1.35 bits per heavy atom. The number of carboxylic acids is 1. The van der Waals surface area contributed by atoms with Crippen molar-refractivity contribution in [3.05, 3.63) is 35.9 Å². The summed E-state index contributed by atoms with van der Waals surface area (Å²) in [6.45, 7) is 1.24. The molecule has 0 amide bonds. The third kappa shape index (κ3) is 4.16. The van der Waals surface area contributed by atoms with Gasteiger partial charge in [-0.3, -0.25) is 4.18 Å². The molecule has 0 bridgehead atoms. The molecule has 0 fully saturated rings. The lowest BCUT2D eigenvalue weighted by Gasteiger charge is -2.23. The Morgan fingerprint density at radius 2 is 1.88 bits per heavy atom. The van der Waals surface area contributed by atoms with E-state index in [1.54, 1.807) is 30.3 Å². The first-order valence-electron chi connectivity index (χ1n) is 4.91. The molecule has 0 aliphatic heterocycles. The minimum absolute atomic E-state index is 0.0176. The maximum Gasteiger partial charge on any atom is 0.337 e. The highest BCUT2D eigenvalue weighted by Gasteiger charge is 2.38. The van der Waals surface area contributed by atoms with Gasteiger partial charge in [-0.25, -0.2) is 4.79 Å². The Hall–Kier alpha value is -1.40. The second kappa shape index (κ2) is 4.85. The molecule has 0 aliphatic carbocycles. The average molecular weight is 258 g/mol. The van der Waals surface area contributed by atoms with Gasteiger partial charge in [0.1, 0.15) is 0 Å². The molecule has 1 unspecified atom stereocenters. The van der Waals surface area contributed by atoms with Gasteiger partial charge < -0.3 is 5.11 Å². The first-order chi connectivity index (χ1) is 7.73. The summed E-state index contributed by atoms with van der Waals surface area (Å²) in [7, 11) is -3.83. The van der Waals surface area contributed by atoms with Crippen LogP contribution in [0.15, 0.2) is 30.3 Å². The molecule has 0 aromatic heterocycles. The zero-order valence-electron chi connectivity index (χ0n) is 9.58. The van der Waals surface area contributed by atoms with Gasteiger partial charge in [-0.05, 0) is 12.5 Å². The van der Waals surface area contributed by atoms with Crippen molar-refractivity contribution in [3.8, 4) is 0 Å². The number of benzene rings is 1. The molecule has 1 rings (SSSR count). The summed E-state index contributed by atoms with van der Waals surface area (Å²) < 4.78 is 26.8. The van der Waals surface area contributed by atoms with Crippen LogP contribution in [0.3, 0.4) is 0 Å². The molecule has 0 spiro atoms. The van der Waals surface area contributed by atoms with E-state index >= 15 is 0 Å². The summed E-state index contributed by atoms with van der Waals surface area (Å²) in [5, 5.41) is 9.07. The maximum absolute atomic E-state index is 11.1. The molecule has 1 aromatic rings. The normalized spacial score (nSPS) is 15.2. The largest absolute Gasteiger partial charge is 0.479 e. The van der Waals surface area contributed by atoms with Crippen LogP contribution in [0.5, 0.6) is 0 Å². The van der Waals surface area contributed by atoms with Gasteiger partial charge in [0.2, 0.25) is 0 Å². The molecular formula is C11H14O5S. The Balaban J connectivity index is 2.98. The zero-order chi connectivity index (χ0) is 13.1. The highest BCUT2D eigenvalue weighted by molar-refractivity contribution is 7.86. The van der Waals surface area contributed by atoms with E-state index in [-0.39, 0.29) is 6.42 Å². The molecule has 94 valence electrons. The molecule has 1 atom stereocenters. The molecule has 0 heterocycles. The van der Waals surface area contributed by atoms with Crippen molar-refractivity contribution in [1.82, 2.24) is 0 Å². The number of aliphatic carboxylic acids is 1. The Labute approximate surface area is 100 Å². The molecule has 6 heteroatoms. The first-order valence-corrected chi connectivity index (χ1v) is 6.72. The van der Waals surface area contributed by atoms with Crippen LogP contribution < -0.4 is 0 Å². The van der Waals surface area contributed by atoms with Crippen molar-refractivity contribution in [3.63, 3.8) is 0 Å². The predicted molar refractivity (Wildman–Crippen MR) is 62.1 cm³/mol. The van der Waals surface area contributed by atoms with Gasteiger partial charge in [0.25, 0.3) is 10.1 Å². The summed E-state index contributed by atoms with van der Waals surface area (Å²) in [4.78, 5) is 11.1. The van der Waals surface area contributed by atoms with Crippen LogP contribution in [0, 0.1) is 0 Å². The topological polar surface area (TPSA) is 80.7 Å². The van der Waals surface area contributed by atoms with Crippen LogP contribution in [-0.2, 0) is 25.5 Å². The Morgan fingerprint density at radius 3 is 2.29 bits per heavy atom. The second-order valence-corrected chi connectivity index (χ2v) is 5.56. The van der Waals surface area contributed by atoms with Crippen LogP contribution in [0.25, 0.3) is 0 Å². The van der Waals surface area contributed by atoms with E-state index in [2.05, 4.69) is 4.18 Å². The fourth-order valence-corrected chi connectivity index (χ4v) is 2.26. The highest BCUT2D eigenvalue weighted by atomic mass is 32.2. The molecule has 1 N–H and O–H groups in total. The van der Waals surface area contributed by atoms with Gasteiger partial charge in [-0.1, -0.05) is 30.3 Å². The fraction of sp³-hybridized carbons (Fsp3) is 0.364. The number of carbonyl (C=O) groups is 1. The van der Waals surface area contributed by atoms with Crippen molar-refractivity contribution in [2.45, 2.75) is 18.9 Å². The summed E-state index contributed by atoms with van der Waals surface area (Å²) in [5.74, 6) is -1.31. The van der Waals surface area contributed by atoms with Gasteiger partial charge in [-0.2, -0.15) is 8.42 Å². The van der Waals surface area contributed by atoms with Gasteiger partial charge in [0.05, 0.1) is 6.26 Å². The minimum atomic E-state index is -3.83. The monoisotopic (exact) mass is 258 g/mol. The van der Waals surface area contributed by atoms with Gasteiger partial charge in [-0.15, -0.1) is 0 Å². The zero-order valence-corrected chi connectivity index (χ0v) is 10.4. The van der Waals surface area contributed by atoms with Crippen molar-refractivity contribution < 1.29 is 22.5 Å². The fourth-order valence-electron chi connectivity index (χ4n) is 1.46. The molecule has 5 nitrogen and oxygen atoms in total. The molecule has 17 heavy (non-hydrogen) atoms. The predicted octanol–water partition coefficient (Wildman–Crippen LogP) is 1.05. The smallest absolute Gasteiger partial charge is 0.337 e. The lowest BCUT2D eigenvalue weighted by atomic mass is 9.97. The van der Waals surface area contributed by atoms with Crippen LogP contribution in [0.1, 0.15) is 12.5 Å². The van der Waals surface area contributed by atoms with Crippen LogP contribution in [0.4, 0.5) is 0 Å². The molecule has 0 saturated carbocycles. The van der Waals surface area contributed by atoms with Crippen molar-refractivity contribution in [1.29, 1.82) is 0 Å². The van der Waals surface area contributed by atoms with Crippen molar-refractivity contribution in [2.75, 3.05) is 6.26 Å². The Bertz CT molecular complexity index is 494. The van der Waals surface area contributed by atoms with Gasteiger partial charge >= 0.3 is 5.97 Å². The summed E-state index contributed by atoms with van der Waals surface area (Å²) in [6.07, 6.45) is 0.815. The Kier molecular flexibility index (Phi) is 3.90. The van der Waals surface area contributed by atoms with E-state index in [9.17, 15) is 13.2 Å². The van der Waals surface area contributed by atoms with Crippen molar-refractivity contribution >= 4 is 16.1 Å². The lowest BCUT2D eigenvalue weighted by Crippen LogP contribution is -2.42. The van der Waals surface area contributed by atoms with Gasteiger partial charge in [0.15, 0.2) is 5.60 Å². The summed E-state index contributed by atoms with van der Waals surface area (Å²) in [5.41, 5.74) is -1.09. The SMILES string of the molecule is CC(Cc1ccccc1)(OS(C)(=O)=O)C(=O)O. The quantitative estimate of drug-likeness (QED) is 0.798. The number of hydrogen-bond donors (Lipinski definition) is 1. The number of rotatable bonds is 5. The lowest BCUT2D eigenvalue weighted by molar-refractivity contribution is -0.153. The third-order valence-corrected chi connectivity index (χ3v) is 2.84. The molecule has 1 aromatic carbocycles. The third-order valence-electron chi connectivity index (χ3n) is 2.17. The highest BCUT2D eigenvalue weighted by Crippen LogP contribution is 2.20. The molecule has 0 radical (unpaired) electrons. The second-order valence-electron chi connectivity index (χ2n) is 3.99. The van der Waals surface area contributed by atoms with E-state index in [0.717, 1.165) is 6.26 Å². The summed E-state index contributed by atoms with van der Waals surface area (Å²) in [6, 6.07) is 8.72. The average Bonchev–Trinajstić information content (AvgIpc) is 2.15. The molecule has 0 saturated heterocycles. The molecule has 0 aliphatic rings. The maximum atomic E-state index is 11.1. The van der Waals surface area contributed by atoms with E-state index in [0.29, 0.717) is 5.56 Å². The standard InChI is InChI=1S/C11H14O5S/c1-11(10(12)13,16-17(2,14)15)8-9-6-4-3-5-7-9/h3-7H,8H2,1-2H3,(H,12,13). The van der Waals surface area contributed by atoms with Crippen molar-refractivity contribution in [2.24, 2.45) is 0 Å². The summed E-state index contributed by atoms with van der Waals surface area (Å²) >= 11 is 0. The minimum Gasteiger partial charge on any atom is -0.479 e. The van der Waals surface area contributed by atoms with Crippen LogP contribution in [0.2, 0.25) is 0 Å². The van der Waals surface area contributed by atoms with E-state index in [4.69, 9.17) is 5.11 Å². The van der Waals surface area contributed by atoms with E-state index < -0.39 is 21.7 Å². The van der Waals surface area contributed by atoms with Gasteiger partial charge in [0, 0.05) is 6.42 Å². The molecular weight excluding hydrogens is 244 g/mol. The van der Waals surface area contributed by atoms with Crippen LogP contribution in [-0.4, -0.2) is 31.4 Å². The number of hydrogen-bond acceptors (Lipinski definition) is 4.